The SMILES string of the molecule is CS(=O)(=O)C1CCCC(N2CCNCC2CN)C1. The highest BCUT2D eigenvalue weighted by molar-refractivity contribution is 7.91. The Bertz CT molecular complexity index is 372. The molecule has 106 valence electrons. The summed E-state index contributed by atoms with van der Waals surface area (Å²) in [5.41, 5.74) is 5.82. The normalized spacial score (nSPS) is 35.6. The number of rotatable bonds is 3. The van der Waals surface area contributed by atoms with E-state index >= 15 is 0 Å². The van der Waals surface area contributed by atoms with Gasteiger partial charge in [0.1, 0.15) is 9.84 Å². The predicted octanol–water partition coefficient (Wildman–Crippen LogP) is -0.425. The van der Waals surface area contributed by atoms with E-state index in [9.17, 15) is 8.42 Å². The molecule has 3 N–H and O–H groups in total. The van der Waals surface area contributed by atoms with Gasteiger partial charge in [-0.05, 0) is 19.3 Å². The molecular formula is C12H25N3O2S. The summed E-state index contributed by atoms with van der Waals surface area (Å²) in [5, 5.41) is 3.21. The summed E-state index contributed by atoms with van der Waals surface area (Å²) in [6, 6.07) is 0.760. The van der Waals surface area contributed by atoms with Crippen LogP contribution >= 0.6 is 0 Å². The molecule has 1 saturated heterocycles. The van der Waals surface area contributed by atoms with E-state index in [0.717, 1.165) is 45.3 Å². The van der Waals surface area contributed by atoms with Gasteiger partial charge in [0.15, 0.2) is 0 Å². The second-order valence-electron chi connectivity index (χ2n) is 5.60. The minimum atomic E-state index is -2.90. The third-order valence-corrected chi connectivity index (χ3v) is 5.98. The smallest absolute Gasteiger partial charge is 0.150 e. The van der Waals surface area contributed by atoms with Gasteiger partial charge in [0, 0.05) is 44.5 Å². The summed E-state index contributed by atoms with van der Waals surface area (Å²) in [6.45, 7) is 3.54. The first kappa shape index (κ1) is 14.2. The zero-order chi connectivity index (χ0) is 13.2. The summed E-state index contributed by atoms with van der Waals surface area (Å²) in [4.78, 5) is 2.44. The Balaban J connectivity index is 2.03. The molecule has 0 amide bonds. The maximum atomic E-state index is 11.7. The minimum Gasteiger partial charge on any atom is -0.329 e. The van der Waals surface area contributed by atoms with E-state index in [-0.39, 0.29) is 5.25 Å². The highest BCUT2D eigenvalue weighted by Crippen LogP contribution is 2.28. The van der Waals surface area contributed by atoms with E-state index in [4.69, 9.17) is 5.73 Å². The quantitative estimate of drug-likeness (QED) is 0.731. The van der Waals surface area contributed by atoms with Crippen LogP contribution in [0.3, 0.4) is 0 Å². The van der Waals surface area contributed by atoms with Gasteiger partial charge in [-0.1, -0.05) is 6.42 Å². The first-order chi connectivity index (χ1) is 8.52. The molecule has 1 aliphatic heterocycles. The van der Waals surface area contributed by atoms with Crippen LogP contribution in [0.5, 0.6) is 0 Å². The second kappa shape index (κ2) is 5.86. The first-order valence-corrected chi connectivity index (χ1v) is 8.83. The van der Waals surface area contributed by atoms with Gasteiger partial charge < -0.3 is 11.1 Å². The molecule has 0 aromatic carbocycles. The summed E-state index contributed by atoms with van der Waals surface area (Å²) in [6.07, 6.45) is 5.12. The Hall–Kier alpha value is -0.170. The van der Waals surface area contributed by atoms with Crippen LogP contribution in [0.4, 0.5) is 0 Å². The van der Waals surface area contributed by atoms with Crippen LogP contribution in [0.2, 0.25) is 0 Å². The Morgan fingerprint density at radius 1 is 1.39 bits per heavy atom. The fraction of sp³-hybridized carbons (Fsp3) is 1.00. The van der Waals surface area contributed by atoms with Gasteiger partial charge in [-0.3, -0.25) is 4.90 Å². The third-order valence-electron chi connectivity index (χ3n) is 4.34. The zero-order valence-electron chi connectivity index (χ0n) is 11.1. The highest BCUT2D eigenvalue weighted by Gasteiger charge is 2.35. The van der Waals surface area contributed by atoms with Crippen molar-refractivity contribution in [3.8, 4) is 0 Å². The van der Waals surface area contributed by atoms with Gasteiger partial charge in [0.05, 0.1) is 5.25 Å². The van der Waals surface area contributed by atoms with Crippen molar-refractivity contribution in [1.29, 1.82) is 0 Å². The van der Waals surface area contributed by atoms with Crippen LogP contribution in [0.15, 0.2) is 0 Å². The number of hydrogen-bond acceptors (Lipinski definition) is 5. The Morgan fingerprint density at radius 3 is 2.83 bits per heavy atom. The van der Waals surface area contributed by atoms with Crippen LogP contribution in [0.25, 0.3) is 0 Å². The lowest BCUT2D eigenvalue weighted by Crippen LogP contribution is -2.59. The molecular weight excluding hydrogens is 250 g/mol. The van der Waals surface area contributed by atoms with Gasteiger partial charge in [-0.2, -0.15) is 0 Å². The summed E-state index contributed by atoms with van der Waals surface area (Å²) in [5.74, 6) is 0. The molecule has 6 heteroatoms. The van der Waals surface area contributed by atoms with E-state index in [2.05, 4.69) is 10.2 Å². The molecule has 0 aromatic heterocycles. The Morgan fingerprint density at radius 2 is 2.17 bits per heavy atom. The van der Waals surface area contributed by atoms with Crippen LogP contribution in [0.1, 0.15) is 25.7 Å². The zero-order valence-corrected chi connectivity index (χ0v) is 12.0. The van der Waals surface area contributed by atoms with E-state index in [1.807, 2.05) is 0 Å². The molecule has 3 unspecified atom stereocenters. The van der Waals surface area contributed by atoms with Crippen molar-refractivity contribution in [1.82, 2.24) is 10.2 Å². The molecule has 0 radical (unpaired) electrons. The van der Waals surface area contributed by atoms with Crippen molar-refractivity contribution >= 4 is 9.84 Å². The standard InChI is InChI=1S/C12H25N3O2S/c1-18(16,17)12-4-2-3-10(7-12)15-6-5-14-9-11(15)8-13/h10-12,14H,2-9,13H2,1H3. The third kappa shape index (κ3) is 3.23. The lowest BCUT2D eigenvalue weighted by Gasteiger charge is -2.44. The average molecular weight is 275 g/mol. The van der Waals surface area contributed by atoms with Crippen molar-refractivity contribution < 1.29 is 8.42 Å². The largest absolute Gasteiger partial charge is 0.329 e. The van der Waals surface area contributed by atoms with Crippen molar-refractivity contribution in [2.24, 2.45) is 5.73 Å². The predicted molar refractivity (Wildman–Crippen MR) is 73.3 cm³/mol. The molecule has 1 saturated carbocycles. The lowest BCUT2D eigenvalue weighted by atomic mass is 9.92. The lowest BCUT2D eigenvalue weighted by molar-refractivity contribution is 0.0870. The monoisotopic (exact) mass is 275 g/mol. The maximum absolute atomic E-state index is 11.7. The molecule has 5 nitrogen and oxygen atoms in total. The van der Waals surface area contributed by atoms with E-state index in [0.29, 0.717) is 18.6 Å². The van der Waals surface area contributed by atoms with Crippen molar-refractivity contribution in [2.75, 3.05) is 32.4 Å². The van der Waals surface area contributed by atoms with E-state index in [1.165, 1.54) is 6.26 Å². The molecule has 1 aliphatic carbocycles. The number of nitrogens with zero attached hydrogens (tertiary/aromatic N) is 1. The fourth-order valence-electron chi connectivity index (χ4n) is 3.29. The highest BCUT2D eigenvalue weighted by atomic mass is 32.2. The van der Waals surface area contributed by atoms with Gasteiger partial charge in [0.2, 0.25) is 0 Å². The van der Waals surface area contributed by atoms with Gasteiger partial charge >= 0.3 is 0 Å². The van der Waals surface area contributed by atoms with Crippen molar-refractivity contribution in [3.63, 3.8) is 0 Å². The molecule has 2 fully saturated rings. The number of hydrogen-bond donors (Lipinski definition) is 2. The number of nitrogens with one attached hydrogen (secondary N) is 1. The Kier molecular flexibility index (Phi) is 4.64. The summed E-state index contributed by atoms with van der Waals surface area (Å²) in [7, 11) is -2.90. The first-order valence-electron chi connectivity index (χ1n) is 6.87. The van der Waals surface area contributed by atoms with E-state index < -0.39 is 9.84 Å². The van der Waals surface area contributed by atoms with E-state index in [1.54, 1.807) is 0 Å². The molecule has 18 heavy (non-hydrogen) atoms. The molecule has 0 spiro atoms. The van der Waals surface area contributed by atoms with Crippen LogP contribution in [-0.4, -0.2) is 63.1 Å². The molecule has 3 atom stereocenters. The molecule has 1 heterocycles. The van der Waals surface area contributed by atoms with Crippen LogP contribution in [-0.2, 0) is 9.84 Å². The maximum Gasteiger partial charge on any atom is 0.150 e. The fourth-order valence-corrected chi connectivity index (χ4v) is 4.45. The number of piperazine rings is 1. The second-order valence-corrected chi connectivity index (χ2v) is 7.93. The van der Waals surface area contributed by atoms with Crippen LogP contribution < -0.4 is 11.1 Å². The van der Waals surface area contributed by atoms with Crippen molar-refractivity contribution in [3.05, 3.63) is 0 Å². The van der Waals surface area contributed by atoms with Crippen molar-refractivity contribution in [2.45, 2.75) is 43.0 Å². The van der Waals surface area contributed by atoms with Crippen LogP contribution in [0, 0.1) is 0 Å². The number of nitrogens with two attached hydrogens (primary N) is 1. The molecule has 2 aliphatic rings. The summed E-state index contributed by atoms with van der Waals surface area (Å²) >= 11 is 0. The summed E-state index contributed by atoms with van der Waals surface area (Å²) < 4.78 is 23.4. The Labute approximate surface area is 110 Å². The topological polar surface area (TPSA) is 75.4 Å². The van der Waals surface area contributed by atoms with Gasteiger partial charge in [-0.25, -0.2) is 8.42 Å². The molecule has 0 bridgehead atoms. The minimum absolute atomic E-state index is 0.149. The van der Waals surface area contributed by atoms with Gasteiger partial charge in [0.25, 0.3) is 0 Å². The molecule has 0 aromatic rings. The number of sulfone groups is 1. The average Bonchev–Trinajstić information content (AvgIpc) is 2.38. The van der Waals surface area contributed by atoms with Gasteiger partial charge in [-0.15, -0.1) is 0 Å². The molecule has 2 rings (SSSR count).